The van der Waals surface area contributed by atoms with E-state index in [9.17, 15) is 4.79 Å². The van der Waals surface area contributed by atoms with Crippen LogP contribution in [0.1, 0.15) is 6.42 Å². The molecular formula is C13H15BrClNO3. The summed E-state index contributed by atoms with van der Waals surface area (Å²) in [6, 6.07) is 5.38. The second kappa shape index (κ2) is 6.59. The van der Waals surface area contributed by atoms with Crippen molar-refractivity contribution in [3.8, 4) is 5.75 Å². The Hall–Kier alpha value is -0.780. The first-order valence-corrected chi connectivity index (χ1v) is 7.26. The molecule has 1 aliphatic heterocycles. The average Bonchev–Trinajstić information content (AvgIpc) is 2.81. The minimum Gasteiger partial charge on any atom is -0.491 e. The summed E-state index contributed by atoms with van der Waals surface area (Å²) in [7, 11) is 0. The second-order valence-corrected chi connectivity index (χ2v) is 5.84. The molecule has 1 saturated heterocycles. The van der Waals surface area contributed by atoms with Gasteiger partial charge >= 0.3 is 5.97 Å². The van der Waals surface area contributed by atoms with E-state index in [1.807, 2.05) is 6.07 Å². The van der Waals surface area contributed by atoms with Crippen molar-refractivity contribution in [2.45, 2.75) is 6.42 Å². The summed E-state index contributed by atoms with van der Waals surface area (Å²) >= 11 is 9.24. The van der Waals surface area contributed by atoms with E-state index in [0.29, 0.717) is 18.2 Å². The van der Waals surface area contributed by atoms with Gasteiger partial charge in [-0.05, 0) is 47.1 Å². The van der Waals surface area contributed by atoms with Gasteiger partial charge in [0.25, 0.3) is 0 Å². The largest absolute Gasteiger partial charge is 0.491 e. The number of carbonyl (C=O) groups is 1. The van der Waals surface area contributed by atoms with Crippen LogP contribution in [0.2, 0.25) is 5.02 Å². The molecule has 0 saturated carbocycles. The van der Waals surface area contributed by atoms with Gasteiger partial charge in [0.2, 0.25) is 0 Å². The molecule has 1 heterocycles. The number of hydrogen-bond donors (Lipinski definition) is 1. The molecule has 1 aliphatic rings. The summed E-state index contributed by atoms with van der Waals surface area (Å²) in [5, 5.41) is 9.58. The van der Waals surface area contributed by atoms with Crippen molar-refractivity contribution < 1.29 is 14.6 Å². The smallest absolute Gasteiger partial charge is 0.307 e. The van der Waals surface area contributed by atoms with Crippen LogP contribution in [0.3, 0.4) is 0 Å². The summed E-state index contributed by atoms with van der Waals surface area (Å²) in [4.78, 5) is 13.0. The summed E-state index contributed by atoms with van der Waals surface area (Å²) in [5.41, 5.74) is 0. The first-order chi connectivity index (χ1) is 9.06. The molecule has 0 bridgehead atoms. The predicted molar refractivity (Wildman–Crippen MR) is 76.8 cm³/mol. The van der Waals surface area contributed by atoms with Crippen molar-refractivity contribution in [3.63, 3.8) is 0 Å². The van der Waals surface area contributed by atoms with E-state index < -0.39 is 5.97 Å². The molecule has 0 aromatic heterocycles. The molecule has 1 aromatic rings. The van der Waals surface area contributed by atoms with Gasteiger partial charge in [0.1, 0.15) is 12.4 Å². The van der Waals surface area contributed by atoms with Crippen molar-refractivity contribution in [1.82, 2.24) is 4.90 Å². The molecule has 4 nitrogen and oxygen atoms in total. The Balaban J connectivity index is 1.77. The SMILES string of the molecule is O=C(O)C1CCN(CCOc2ccc(Cl)cc2Br)C1. The molecule has 0 aliphatic carbocycles. The number of carboxylic acid groups (broad SMARTS) is 1. The maximum atomic E-state index is 10.8. The Kier molecular flexibility index (Phi) is 5.07. The van der Waals surface area contributed by atoms with Crippen molar-refractivity contribution in [2.24, 2.45) is 5.92 Å². The van der Waals surface area contributed by atoms with Gasteiger partial charge in [0, 0.05) is 18.1 Å². The highest BCUT2D eigenvalue weighted by Gasteiger charge is 2.27. The Morgan fingerprint density at radius 3 is 3.00 bits per heavy atom. The molecule has 1 aromatic carbocycles. The standard InChI is InChI=1S/C13H15BrClNO3/c14-11-7-10(15)1-2-12(11)19-6-5-16-4-3-9(8-16)13(17)18/h1-2,7,9H,3-6,8H2,(H,17,18). The predicted octanol–water partition coefficient (Wildman–Crippen LogP) is 2.89. The molecule has 1 fully saturated rings. The zero-order valence-corrected chi connectivity index (χ0v) is 12.7. The number of ether oxygens (including phenoxy) is 1. The Labute approximate surface area is 125 Å². The average molecular weight is 349 g/mol. The molecule has 0 amide bonds. The summed E-state index contributed by atoms with van der Waals surface area (Å²) in [6.07, 6.45) is 0.722. The molecule has 0 radical (unpaired) electrons. The number of rotatable bonds is 5. The third kappa shape index (κ3) is 4.09. The maximum Gasteiger partial charge on any atom is 0.307 e. The number of carboxylic acids is 1. The van der Waals surface area contributed by atoms with E-state index in [4.69, 9.17) is 21.4 Å². The molecule has 19 heavy (non-hydrogen) atoms. The number of likely N-dealkylation sites (tertiary alicyclic amines) is 1. The van der Waals surface area contributed by atoms with Crippen LogP contribution in [-0.4, -0.2) is 42.2 Å². The van der Waals surface area contributed by atoms with Crippen molar-refractivity contribution in [3.05, 3.63) is 27.7 Å². The molecule has 2 rings (SSSR count). The lowest BCUT2D eigenvalue weighted by molar-refractivity contribution is -0.141. The zero-order valence-electron chi connectivity index (χ0n) is 10.3. The van der Waals surface area contributed by atoms with Gasteiger partial charge in [-0.15, -0.1) is 0 Å². The molecule has 1 N–H and O–H groups in total. The van der Waals surface area contributed by atoms with Gasteiger partial charge in [-0.3, -0.25) is 9.69 Å². The van der Waals surface area contributed by atoms with Crippen LogP contribution < -0.4 is 4.74 Å². The van der Waals surface area contributed by atoms with E-state index in [1.165, 1.54) is 0 Å². The van der Waals surface area contributed by atoms with Crippen molar-refractivity contribution >= 4 is 33.5 Å². The monoisotopic (exact) mass is 347 g/mol. The topological polar surface area (TPSA) is 49.8 Å². The molecule has 1 unspecified atom stereocenters. The van der Waals surface area contributed by atoms with Crippen LogP contribution in [0.25, 0.3) is 0 Å². The van der Waals surface area contributed by atoms with Crippen LogP contribution in [0.5, 0.6) is 5.75 Å². The van der Waals surface area contributed by atoms with Crippen molar-refractivity contribution in [2.75, 3.05) is 26.2 Å². The normalized spacial score (nSPS) is 19.6. The molecule has 1 atom stereocenters. The lowest BCUT2D eigenvalue weighted by Crippen LogP contribution is -2.27. The van der Waals surface area contributed by atoms with Crippen LogP contribution in [0.15, 0.2) is 22.7 Å². The summed E-state index contributed by atoms with van der Waals surface area (Å²) in [5.74, 6) is -0.190. The number of aliphatic carboxylic acids is 1. The van der Waals surface area contributed by atoms with E-state index >= 15 is 0 Å². The second-order valence-electron chi connectivity index (χ2n) is 4.55. The van der Waals surface area contributed by atoms with Gasteiger partial charge < -0.3 is 9.84 Å². The number of nitrogens with zero attached hydrogens (tertiary/aromatic N) is 1. The van der Waals surface area contributed by atoms with Gasteiger partial charge in [-0.25, -0.2) is 0 Å². The fourth-order valence-electron chi connectivity index (χ4n) is 2.11. The number of hydrogen-bond acceptors (Lipinski definition) is 3. The first kappa shape index (κ1) is 14.6. The minimum atomic E-state index is -0.705. The lowest BCUT2D eigenvalue weighted by Gasteiger charge is -2.16. The molecule has 6 heteroatoms. The van der Waals surface area contributed by atoms with E-state index in [1.54, 1.807) is 12.1 Å². The van der Waals surface area contributed by atoms with Crippen LogP contribution >= 0.6 is 27.5 Å². The number of halogens is 2. The van der Waals surface area contributed by atoms with Crippen molar-refractivity contribution in [1.29, 1.82) is 0 Å². The van der Waals surface area contributed by atoms with Gasteiger partial charge in [0.05, 0.1) is 10.4 Å². The highest BCUT2D eigenvalue weighted by atomic mass is 79.9. The highest BCUT2D eigenvalue weighted by Crippen LogP contribution is 2.28. The Morgan fingerprint density at radius 1 is 1.58 bits per heavy atom. The van der Waals surface area contributed by atoms with Crippen LogP contribution in [-0.2, 0) is 4.79 Å². The fourth-order valence-corrected chi connectivity index (χ4v) is 2.91. The molecule has 104 valence electrons. The van der Waals surface area contributed by atoms with Gasteiger partial charge in [0.15, 0.2) is 0 Å². The van der Waals surface area contributed by atoms with Crippen LogP contribution in [0, 0.1) is 5.92 Å². The van der Waals surface area contributed by atoms with Gasteiger partial charge in [-0.1, -0.05) is 11.6 Å². The zero-order chi connectivity index (χ0) is 13.8. The third-order valence-electron chi connectivity index (χ3n) is 3.18. The van der Waals surface area contributed by atoms with Gasteiger partial charge in [-0.2, -0.15) is 0 Å². The highest BCUT2D eigenvalue weighted by molar-refractivity contribution is 9.10. The van der Waals surface area contributed by atoms with Crippen LogP contribution in [0.4, 0.5) is 0 Å². The van der Waals surface area contributed by atoms with E-state index in [2.05, 4.69) is 20.8 Å². The number of benzene rings is 1. The summed E-state index contributed by atoms with van der Waals surface area (Å²) < 4.78 is 6.48. The summed E-state index contributed by atoms with van der Waals surface area (Å²) in [6.45, 7) is 2.70. The molecular weight excluding hydrogens is 334 g/mol. The lowest BCUT2D eigenvalue weighted by atomic mass is 10.1. The third-order valence-corrected chi connectivity index (χ3v) is 4.04. The Morgan fingerprint density at radius 2 is 2.37 bits per heavy atom. The molecule has 0 spiro atoms. The fraction of sp³-hybridized carbons (Fsp3) is 0.462. The minimum absolute atomic E-state index is 0.234. The Bertz CT molecular complexity index is 469. The van der Waals surface area contributed by atoms with E-state index in [0.717, 1.165) is 29.7 Å². The van der Waals surface area contributed by atoms with E-state index in [-0.39, 0.29) is 5.92 Å². The quantitative estimate of drug-likeness (QED) is 0.889. The maximum absolute atomic E-state index is 10.8. The first-order valence-electron chi connectivity index (χ1n) is 6.09.